The summed E-state index contributed by atoms with van der Waals surface area (Å²) < 4.78 is 10.5. The number of hydrazine groups is 1. The van der Waals surface area contributed by atoms with Gasteiger partial charge in [-0.2, -0.15) is 0 Å². The zero-order valence-electron chi connectivity index (χ0n) is 11.7. The fourth-order valence-electron chi connectivity index (χ4n) is 1.94. The predicted molar refractivity (Wildman–Crippen MR) is 73.7 cm³/mol. The lowest BCUT2D eigenvalue weighted by Gasteiger charge is -2.21. The predicted octanol–water partition coefficient (Wildman–Crippen LogP) is 2.64. The lowest BCUT2D eigenvalue weighted by Crippen LogP contribution is -2.29. The summed E-state index contributed by atoms with van der Waals surface area (Å²) in [5.74, 6) is 7.74. The zero-order valence-corrected chi connectivity index (χ0v) is 11.7. The van der Waals surface area contributed by atoms with E-state index in [0.29, 0.717) is 5.92 Å². The Morgan fingerprint density at radius 3 is 2.39 bits per heavy atom. The first-order valence-corrected chi connectivity index (χ1v) is 6.34. The van der Waals surface area contributed by atoms with E-state index in [1.165, 1.54) is 0 Å². The monoisotopic (exact) mass is 252 g/mol. The zero-order chi connectivity index (χ0) is 13.5. The number of nitrogens with two attached hydrogens (primary N) is 1. The number of hydrogen-bond acceptors (Lipinski definition) is 4. The molecule has 0 fully saturated rings. The second kappa shape index (κ2) is 7.24. The second-order valence-electron chi connectivity index (χ2n) is 4.58. The van der Waals surface area contributed by atoms with Crippen LogP contribution in [0.4, 0.5) is 0 Å². The van der Waals surface area contributed by atoms with Crippen molar-refractivity contribution >= 4 is 0 Å². The minimum Gasteiger partial charge on any atom is -0.493 e. The molecule has 3 N–H and O–H groups in total. The smallest absolute Gasteiger partial charge is 0.161 e. The Morgan fingerprint density at radius 2 is 1.89 bits per heavy atom. The normalized spacial score (nSPS) is 14.1. The molecule has 0 aliphatic carbocycles. The van der Waals surface area contributed by atoms with Gasteiger partial charge in [-0.15, -0.1) is 0 Å². The van der Waals surface area contributed by atoms with E-state index < -0.39 is 0 Å². The maximum Gasteiger partial charge on any atom is 0.161 e. The van der Waals surface area contributed by atoms with Crippen molar-refractivity contribution in [2.45, 2.75) is 32.7 Å². The van der Waals surface area contributed by atoms with Crippen molar-refractivity contribution < 1.29 is 9.47 Å². The van der Waals surface area contributed by atoms with Crippen molar-refractivity contribution in [3.63, 3.8) is 0 Å². The van der Waals surface area contributed by atoms with Crippen LogP contribution in [0.5, 0.6) is 11.5 Å². The van der Waals surface area contributed by atoms with Crippen molar-refractivity contribution in [2.75, 3.05) is 14.2 Å². The van der Waals surface area contributed by atoms with Crippen LogP contribution in [0.3, 0.4) is 0 Å². The lowest BCUT2D eigenvalue weighted by atomic mass is 9.94. The van der Waals surface area contributed by atoms with E-state index in [2.05, 4.69) is 19.3 Å². The lowest BCUT2D eigenvalue weighted by molar-refractivity contribution is 0.352. The Morgan fingerprint density at radius 1 is 1.22 bits per heavy atom. The number of hydrogen-bond donors (Lipinski definition) is 2. The van der Waals surface area contributed by atoms with Crippen LogP contribution in [0.15, 0.2) is 18.2 Å². The average Bonchev–Trinajstić information content (AvgIpc) is 2.43. The summed E-state index contributed by atoms with van der Waals surface area (Å²) in [7, 11) is 3.27. The maximum absolute atomic E-state index is 5.65. The first-order chi connectivity index (χ1) is 8.65. The molecule has 18 heavy (non-hydrogen) atoms. The Balaban J connectivity index is 2.92. The van der Waals surface area contributed by atoms with Crippen molar-refractivity contribution in [2.24, 2.45) is 11.8 Å². The van der Waals surface area contributed by atoms with Gasteiger partial charge in [0.15, 0.2) is 11.5 Å². The van der Waals surface area contributed by atoms with Crippen molar-refractivity contribution in [1.82, 2.24) is 5.43 Å². The molecule has 0 amide bonds. The summed E-state index contributed by atoms with van der Waals surface area (Å²) in [6.45, 7) is 4.41. The van der Waals surface area contributed by atoms with Crippen LogP contribution in [0.1, 0.15) is 38.3 Å². The van der Waals surface area contributed by atoms with Crippen LogP contribution in [0, 0.1) is 5.92 Å². The van der Waals surface area contributed by atoms with Gasteiger partial charge in [-0.05, 0) is 30.0 Å². The third kappa shape index (κ3) is 3.62. The molecule has 0 radical (unpaired) electrons. The number of ether oxygens (including phenoxy) is 2. The Labute approximate surface area is 109 Å². The van der Waals surface area contributed by atoms with Gasteiger partial charge in [0.1, 0.15) is 0 Å². The Bertz CT molecular complexity index is 369. The van der Waals surface area contributed by atoms with E-state index in [1.54, 1.807) is 14.2 Å². The van der Waals surface area contributed by atoms with Gasteiger partial charge in [0.2, 0.25) is 0 Å². The van der Waals surface area contributed by atoms with Crippen LogP contribution in [-0.4, -0.2) is 14.2 Å². The highest BCUT2D eigenvalue weighted by molar-refractivity contribution is 5.43. The summed E-state index contributed by atoms with van der Waals surface area (Å²) in [5.41, 5.74) is 4.00. The van der Waals surface area contributed by atoms with Gasteiger partial charge < -0.3 is 9.47 Å². The first kappa shape index (κ1) is 14.8. The molecule has 0 heterocycles. The summed E-state index contributed by atoms with van der Waals surface area (Å²) in [5, 5.41) is 0. The molecule has 0 spiro atoms. The Hall–Kier alpha value is -1.26. The van der Waals surface area contributed by atoms with Gasteiger partial charge >= 0.3 is 0 Å². The molecule has 102 valence electrons. The quantitative estimate of drug-likeness (QED) is 0.578. The largest absolute Gasteiger partial charge is 0.493 e. The van der Waals surface area contributed by atoms with Crippen LogP contribution < -0.4 is 20.7 Å². The molecule has 0 aromatic heterocycles. The van der Waals surface area contributed by atoms with E-state index in [9.17, 15) is 0 Å². The van der Waals surface area contributed by atoms with E-state index in [-0.39, 0.29) is 6.04 Å². The standard InChI is InChI=1S/C14H24N2O2/c1-5-10(2)8-12(16-15)11-6-7-13(17-3)14(9-11)18-4/h6-7,9-10,12,16H,5,8,15H2,1-4H3. The molecule has 1 aromatic rings. The van der Waals surface area contributed by atoms with Crippen molar-refractivity contribution in [3.8, 4) is 11.5 Å². The first-order valence-electron chi connectivity index (χ1n) is 6.34. The summed E-state index contributed by atoms with van der Waals surface area (Å²) in [6, 6.07) is 6.05. The van der Waals surface area contributed by atoms with E-state index in [0.717, 1.165) is 29.9 Å². The van der Waals surface area contributed by atoms with Crippen molar-refractivity contribution in [1.29, 1.82) is 0 Å². The number of methoxy groups -OCH3 is 2. The minimum absolute atomic E-state index is 0.139. The van der Waals surface area contributed by atoms with Gasteiger partial charge in [0, 0.05) is 6.04 Å². The number of nitrogens with one attached hydrogen (secondary N) is 1. The molecule has 0 aliphatic rings. The van der Waals surface area contributed by atoms with E-state index in [1.807, 2.05) is 18.2 Å². The highest BCUT2D eigenvalue weighted by Crippen LogP contribution is 2.31. The summed E-state index contributed by atoms with van der Waals surface area (Å²) in [4.78, 5) is 0. The molecule has 1 rings (SSSR count). The van der Waals surface area contributed by atoms with Crippen LogP contribution in [0.2, 0.25) is 0 Å². The van der Waals surface area contributed by atoms with Gasteiger partial charge in [-0.3, -0.25) is 11.3 Å². The van der Waals surface area contributed by atoms with Gasteiger partial charge in [-0.1, -0.05) is 26.3 Å². The molecule has 4 nitrogen and oxygen atoms in total. The van der Waals surface area contributed by atoms with E-state index >= 15 is 0 Å². The molecule has 1 aromatic carbocycles. The van der Waals surface area contributed by atoms with Crippen molar-refractivity contribution in [3.05, 3.63) is 23.8 Å². The molecule has 0 saturated heterocycles. The van der Waals surface area contributed by atoms with Crippen LogP contribution in [0.25, 0.3) is 0 Å². The van der Waals surface area contributed by atoms with Crippen LogP contribution >= 0.6 is 0 Å². The molecule has 4 heteroatoms. The molecular weight excluding hydrogens is 228 g/mol. The van der Waals surface area contributed by atoms with E-state index in [4.69, 9.17) is 15.3 Å². The highest BCUT2D eigenvalue weighted by atomic mass is 16.5. The average molecular weight is 252 g/mol. The minimum atomic E-state index is 0.139. The molecule has 2 atom stereocenters. The van der Waals surface area contributed by atoms with Gasteiger partial charge in [-0.25, -0.2) is 0 Å². The Kier molecular flexibility index (Phi) is 5.95. The molecule has 0 saturated carbocycles. The highest BCUT2D eigenvalue weighted by Gasteiger charge is 2.15. The number of benzene rings is 1. The maximum atomic E-state index is 5.65. The fourth-order valence-corrected chi connectivity index (χ4v) is 1.94. The third-order valence-corrected chi connectivity index (χ3v) is 3.35. The third-order valence-electron chi connectivity index (χ3n) is 3.35. The summed E-state index contributed by atoms with van der Waals surface area (Å²) in [6.07, 6.45) is 2.15. The van der Waals surface area contributed by atoms with Crippen LogP contribution in [-0.2, 0) is 0 Å². The second-order valence-corrected chi connectivity index (χ2v) is 4.58. The molecule has 0 bridgehead atoms. The SMILES string of the molecule is CCC(C)CC(NN)c1ccc(OC)c(OC)c1. The molecule has 2 unspecified atom stereocenters. The van der Waals surface area contributed by atoms with Gasteiger partial charge in [0.05, 0.1) is 14.2 Å². The summed E-state index contributed by atoms with van der Waals surface area (Å²) >= 11 is 0. The topological polar surface area (TPSA) is 56.5 Å². The molecule has 0 aliphatic heterocycles. The molecular formula is C14H24N2O2. The number of rotatable bonds is 7. The van der Waals surface area contributed by atoms with Gasteiger partial charge in [0.25, 0.3) is 0 Å². The fraction of sp³-hybridized carbons (Fsp3) is 0.571.